The lowest BCUT2D eigenvalue weighted by Gasteiger charge is -2.36. The highest BCUT2D eigenvalue weighted by molar-refractivity contribution is 5.95. The van der Waals surface area contributed by atoms with Gasteiger partial charge in [-0.25, -0.2) is 0 Å². The van der Waals surface area contributed by atoms with Crippen molar-refractivity contribution in [2.24, 2.45) is 0 Å². The Bertz CT molecular complexity index is 915. The zero-order valence-electron chi connectivity index (χ0n) is 18.3. The van der Waals surface area contributed by atoms with Gasteiger partial charge in [0.25, 0.3) is 5.91 Å². The third kappa shape index (κ3) is 4.04. The first kappa shape index (κ1) is 21.4. The maximum atomic E-state index is 13.5. The molecule has 0 radical (unpaired) electrons. The number of nitrogens with zero attached hydrogens (tertiary/aromatic N) is 2. The van der Waals surface area contributed by atoms with Gasteiger partial charge in [-0.15, -0.1) is 0 Å². The monoisotopic (exact) mass is 422 g/mol. The summed E-state index contributed by atoms with van der Waals surface area (Å²) in [6.45, 7) is 2.43. The van der Waals surface area contributed by atoms with Gasteiger partial charge in [-0.3, -0.25) is 9.59 Å². The largest absolute Gasteiger partial charge is 0.497 e. The van der Waals surface area contributed by atoms with Gasteiger partial charge < -0.3 is 19.3 Å². The van der Waals surface area contributed by atoms with Crippen LogP contribution in [0.5, 0.6) is 5.75 Å². The Morgan fingerprint density at radius 1 is 1.03 bits per heavy atom. The number of ether oxygens (including phenoxy) is 2. The van der Waals surface area contributed by atoms with E-state index in [4.69, 9.17) is 9.47 Å². The van der Waals surface area contributed by atoms with Crippen LogP contribution in [0.3, 0.4) is 0 Å². The molecule has 2 fully saturated rings. The maximum Gasteiger partial charge on any atom is 0.254 e. The van der Waals surface area contributed by atoms with Crippen LogP contribution in [0.15, 0.2) is 54.6 Å². The van der Waals surface area contributed by atoms with E-state index in [0.29, 0.717) is 38.2 Å². The quantitative estimate of drug-likeness (QED) is 0.718. The van der Waals surface area contributed by atoms with Crippen LogP contribution < -0.4 is 4.74 Å². The average molecular weight is 423 g/mol. The summed E-state index contributed by atoms with van der Waals surface area (Å²) in [6.07, 6.45) is 2.03. The predicted octanol–water partition coefficient (Wildman–Crippen LogP) is 3.12. The maximum absolute atomic E-state index is 13.5. The summed E-state index contributed by atoms with van der Waals surface area (Å²) in [5.41, 5.74) is 1.62. The van der Waals surface area contributed by atoms with Crippen molar-refractivity contribution in [2.75, 3.05) is 40.5 Å². The zero-order chi connectivity index (χ0) is 21.8. The van der Waals surface area contributed by atoms with Gasteiger partial charge in [0, 0.05) is 44.1 Å². The van der Waals surface area contributed by atoms with E-state index in [1.807, 2.05) is 28.0 Å². The lowest BCUT2D eigenvalue weighted by Crippen LogP contribution is -2.45. The molecule has 31 heavy (non-hydrogen) atoms. The molecule has 2 aromatic carbocycles. The number of benzene rings is 2. The highest BCUT2D eigenvalue weighted by Gasteiger charge is 2.52. The van der Waals surface area contributed by atoms with Gasteiger partial charge in [0.05, 0.1) is 19.8 Å². The second-order valence-electron chi connectivity index (χ2n) is 8.34. The standard InChI is InChI=1S/C25H30N2O4/c1-30-17-16-26-14-12-25(20-6-4-3-5-7-20)13-15-27(22(25)18-23(26)28)24(29)19-8-10-21(31-2)11-9-19/h3-11,22H,12-18H2,1-2H3/t22-,25+/m0/s1. The van der Waals surface area contributed by atoms with Crippen LogP contribution in [0.2, 0.25) is 0 Å². The van der Waals surface area contributed by atoms with Crippen LogP contribution in [-0.2, 0) is 14.9 Å². The van der Waals surface area contributed by atoms with Crippen LogP contribution in [0.4, 0.5) is 0 Å². The molecule has 0 bridgehead atoms. The molecule has 2 atom stereocenters. The number of hydrogen-bond acceptors (Lipinski definition) is 4. The molecule has 6 nitrogen and oxygen atoms in total. The first-order chi connectivity index (χ1) is 15.1. The third-order valence-corrected chi connectivity index (χ3v) is 6.87. The Morgan fingerprint density at radius 2 is 1.74 bits per heavy atom. The first-order valence-corrected chi connectivity index (χ1v) is 10.9. The highest BCUT2D eigenvalue weighted by atomic mass is 16.5. The van der Waals surface area contributed by atoms with E-state index in [1.54, 1.807) is 38.5 Å². The molecule has 2 aliphatic rings. The second-order valence-corrected chi connectivity index (χ2v) is 8.34. The van der Waals surface area contributed by atoms with Crippen molar-refractivity contribution in [3.05, 3.63) is 65.7 Å². The van der Waals surface area contributed by atoms with E-state index in [9.17, 15) is 9.59 Å². The fourth-order valence-corrected chi connectivity index (χ4v) is 5.12. The Hall–Kier alpha value is -2.86. The molecule has 2 amide bonds. The van der Waals surface area contributed by atoms with Crippen LogP contribution in [0.1, 0.15) is 35.2 Å². The summed E-state index contributed by atoms with van der Waals surface area (Å²) < 4.78 is 10.4. The number of fused-ring (bicyclic) bond motifs is 1. The average Bonchev–Trinajstić information content (AvgIpc) is 3.11. The van der Waals surface area contributed by atoms with E-state index in [0.717, 1.165) is 18.6 Å². The van der Waals surface area contributed by atoms with Gasteiger partial charge >= 0.3 is 0 Å². The molecule has 2 heterocycles. The summed E-state index contributed by atoms with van der Waals surface area (Å²) in [5, 5.41) is 0. The summed E-state index contributed by atoms with van der Waals surface area (Å²) in [4.78, 5) is 30.4. The molecule has 0 N–H and O–H groups in total. The minimum atomic E-state index is -0.221. The van der Waals surface area contributed by atoms with Crippen molar-refractivity contribution in [2.45, 2.75) is 30.7 Å². The molecule has 0 saturated carbocycles. The van der Waals surface area contributed by atoms with Gasteiger partial charge in [-0.2, -0.15) is 0 Å². The Kier molecular flexibility index (Phi) is 6.28. The normalized spacial score (nSPS) is 23.4. The molecule has 4 rings (SSSR count). The molecule has 0 unspecified atom stereocenters. The number of methoxy groups -OCH3 is 2. The second kappa shape index (κ2) is 9.10. The van der Waals surface area contributed by atoms with E-state index in [2.05, 4.69) is 12.1 Å². The summed E-state index contributed by atoms with van der Waals surface area (Å²) in [5.74, 6) is 0.785. The Labute approximate surface area is 183 Å². The predicted molar refractivity (Wildman–Crippen MR) is 118 cm³/mol. The van der Waals surface area contributed by atoms with Gasteiger partial charge in [0.1, 0.15) is 5.75 Å². The lowest BCUT2D eigenvalue weighted by molar-refractivity contribution is -0.132. The van der Waals surface area contributed by atoms with Gasteiger partial charge in [0.2, 0.25) is 5.91 Å². The zero-order valence-corrected chi connectivity index (χ0v) is 18.3. The van der Waals surface area contributed by atoms with Crippen LogP contribution in [0.25, 0.3) is 0 Å². The molecule has 0 aliphatic carbocycles. The number of amides is 2. The van der Waals surface area contributed by atoms with Crippen molar-refractivity contribution in [3.63, 3.8) is 0 Å². The molecule has 164 valence electrons. The third-order valence-electron chi connectivity index (χ3n) is 6.87. The number of carbonyl (C=O) groups excluding carboxylic acids is 2. The molecule has 0 spiro atoms. The lowest BCUT2D eigenvalue weighted by atomic mass is 9.71. The molecule has 2 aromatic rings. The van der Waals surface area contributed by atoms with Crippen molar-refractivity contribution in [1.82, 2.24) is 9.80 Å². The van der Waals surface area contributed by atoms with E-state index in [-0.39, 0.29) is 23.3 Å². The van der Waals surface area contributed by atoms with E-state index < -0.39 is 0 Å². The Morgan fingerprint density at radius 3 is 2.42 bits per heavy atom. The van der Waals surface area contributed by atoms with E-state index in [1.165, 1.54) is 5.56 Å². The van der Waals surface area contributed by atoms with Crippen molar-refractivity contribution in [1.29, 1.82) is 0 Å². The topological polar surface area (TPSA) is 59.1 Å². The molecule has 2 saturated heterocycles. The number of carbonyl (C=O) groups is 2. The van der Waals surface area contributed by atoms with Gasteiger partial charge in [-0.05, 0) is 42.7 Å². The summed E-state index contributed by atoms with van der Waals surface area (Å²) in [7, 11) is 3.26. The minimum absolute atomic E-state index is 0.0244. The Balaban J connectivity index is 1.67. The number of rotatable bonds is 6. The first-order valence-electron chi connectivity index (χ1n) is 10.9. The van der Waals surface area contributed by atoms with Crippen molar-refractivity contribution >= 4 is 11.8 Å². The molecular formula is C25H30N2O4. The van der Waals surface area contributed by atoms with Crippen molar-refractivity contribution in [3.8, 4) is 5.75 Å². The van der Waals surface area contributed by atoms with Crippen LogP contribution in [0, 0.1) is 0 Å². The molecular weight excluding hydrogens is 392 g/mol. The fraction of sp³-hybridized carbons (Fsp3) is 0.440. The van der Waals surface area contributed by atoms with Crippen molar-refractivity contribution < 1.29 is 19.1 Å². The SMILES string of the molecule is COCCN1CC[C@]2(c3ccccc3)CCN(C(=O)c3ccc(OC)cc3)[C@H]2CC1=O. The number of likely N-dealkylation sites (tertiary alicyclic amines) is 2. The number of hydrogen-bond donors (Lipinski definition) is 0. The molecule has 2 aliphatic heterocycles. The fourth-order valence-electron chi connectivity index (χ4n) is 5.12. The van der Waals surface area contributed by atoms with Gasteiger partial charge in [0.15, 0.2) is 0 Å². The highest BCUT2D eigenvalue weighted by Crippen LogP contribution is 2.46. The summed E-state index contributed by atoms with van der Waals surface area (Å²) >= 11 is 0. The minimum Gasteiger partial charge on any atom is -0.497 e. The smallest absolute Gasteiger partial charge is 0.254 e. The van der Waals surface area contributed by atoms with Gasteiger partial charge in [-0.1, -0.05) is 30.3 Å². The summed E-state index contributed by atoms with van der Waals surface area (Å²) in [6, 6.07) is 17.4. The molecule has 6 heteroatoms. The van der Waals surface area contributed by atoms with Crippen LogP contribution in [-0.4, -0.2) is 68.1 Å². The molecule has 0 aromatic heterocycles. The van der Waals surface area contributed by atoms with Crippen LogP contribution >= 0.6 is 0 Å². The van der Waals surface area contributed by atoms with E-state index >= 15 is 0 Å².